The number of nitrogens with zero attached hydrogens (tertiary/aromatic N) is 2. The van der Waals surface area contributed by atoms with Crippen molar-refractivity contribution in [1.82, 2.24) is 9.55 Å². The molecule has 1 atom stereocenters. The monoisotopic (exact) mass is 698 g/mol. The molecular formula is C53H34N2. The Labute approximate surface area is 319 Å². The highest BCUT2D eigenvalue weighted by Gasteiger charge is 2.50. The molecule has 2 aliphatic rings. The fraction of sp³-hybridized carbons (Fsp3) is 0.0377. The first-order valence-electron chi connectivity index (χ1n) is 19.2. The van der Waals surface area contributed by atoms with Gasteiger partial charge in [-0.3, -0.25) is 4.98 Å². The number of benzene rings is 8. The Morgan fingerprint density at radius 2 is 0.982 bits per heavy atom. The van der Waals surface area contributed by atoms with Crippen molar-refractivity contribution < 1.29 is 0 Å². The van der Waals surface area contributed by atoms with Crippen molar-refractivity contribution in [2.24, 2.45) is 0 Å². The molecule has 0 bridgehead atoms. The van der Waals surface area contributed by atoms with Crippen molar-refractivity contribution in [1.29, 1.82) is 0 Å². The lowest BCUT2D eigenvalue weighted by Crippen LogP contribution is -2.31. The van der Waals surface area contributed by atoms with E-state index in [4.69, 9.17) is 4.98 Å². The van der Waals surface area contributed by atoms with Gasteiger partial charge in [0.1, 0.15) is 0 Å². The maximum atomic E-state index is 5.21. The lowest BCUT2D eigenvalue weighted by Gasteiger charge is -2.38. The predicted octanol–water partition coefficient (Wildman–Crippen LogP) is 12.9. The molecule has 1 spiro atoms. The van der Waals surface area contributed by atoms with Gasteiger partial charge in [-0.25, -0.2) is 0 Å². The van der Waals surface area contributed by atoms with Crippen LogP contribution >= 0.6 is 0 Å². The van der Waals surface area contributed by atoms with E-state index < -0.39 is 5.41 Å². The summed E-state index contributed by atoms with van der Waals surface area (Å²) in [5.41, 5.74) is 18.1. The minimum atomic E-state index is -0.537. The zero-order chi connectivity index (χ0) is 36.1. The number of pyridine rings is 1. The summed E-state index contributed by atoms with van der Waals surface area (Å²) in [4.78, 5) is 5.21. The van der Waals surface area contributed by atoms with Crippen LogP contribution < -0.4 is 0 Å². The van der Waals surface area contributed by atoms with Gasteiger partial charge in [0.2, 0.25) is 0 Å². The van der Waals surface area contributed by atoms with E-state index in [1.165, 1.54) is 82.9 Å². The number of fused-ring (bicyclic) bond motifs is 7. The summed E-state index contributed by atoms with van der Waals surface area (Å²) in [6, 6.07) is 71.8. The zero-order valence-corrected chi connectivity index (χ0v) is 30.0. The van der Waals surface area contributed by atoms with E-state index in [0.29, 0.717) is 0 Å². The molecule has 2 aliphatic carbocycles. The Kier molecular flexibility index (Phi) is 6.35. The van der Waals surface area contributed by atoms with E-state index in [-0.39, 0.29) is 5.92 Å². The lowest BCUT2D eigenvalue weighted by molar-refractivity contribution is 0.779. The summed E-state index contributed by atoms with van der Waals surface area (Å²) in [5.74, 6) is -0.00633. The Morgan fingerprint density at radius 1 is 0.400 bits per heavy atom. The average Bonchev–Trinajstić information content (AvgIpc) is 3.75. The van der Waals surface area contributed by atoms with Crippen LogP contribution in [-0.4, -0.2) is 9.55 Å². The highest BCUT2D eigenvalue weighted by atomic mass is 15.0. The topological polar surface area (TPSA) is 17.8 Å². The second-order valence-corrected chi connectivity index (χ2v) is 15.0. The van der Waals surface area contributed by atoms with Crippen LogP contribution in [0.5, 0.6) is 0 Å². The summed E-state index contributed by atoms with van der Waals surface area (Å²) in [5, 5.41) is 3.85. The summed E-state index contributed by atoms with van der Waals surface area (Å²) in [6.45, 7) is 0. The van der Waals surface area contributed by atoms with Crippen LogP contribution in [0.4, 0.5) is 0 Å². The second kappa shape index (κ2) is 11.5. The van der Waals surface area contributed by atoms with Crippen molar-refractivity contribution in [3.8, 4) is 27.9 Å². The van der Waals surface area contributed by atoms with Crippen molar-refractivity contribution in [2.45, 2.75) is 11.3 Å². The van der Waals surface area contributed by atoms with Crippen LogP contribution in [0.25, 0.3) is 60.6 Å². The van der Waals surface area contributed by atoms with Gasteiger partial charge in [-0.2, -0.15) is 0 Å². The SMILES string of the molecule is c1ccc(-c2ccc(C(c3ccccc3)c3cc4c5c6c7c(cccc7ncc6n(-c6ccccc6)c5c3)C43c4ccccc4-c4ccccc43)cc2)cc1. The molecule has 256 valence electrons. The molecule has 55 heavy (non-hydrogen) atoms. The van der Waals surface area contributed by atoms with Gasteiger partial charge in [-0.05, 0) is 85.5 Å². The molecular weight excluding hydrogens is 665 g/mol. The molecule has 2 heterocycles. The lowest BCUT2D eigenvalue weighted by atomic mass is 9.62. The fourth-order valence-electron chi connectivity index (χ4n) is 10.2. The molecule has 2 nitrogen and oxygen atoms in total. The molecule has 0 saturated heterocycles. The van der Waals surface area contributed by atoms with Crippen molar-refractivity contribution in [2.75, 3.05) is 0 Å². The summed E-state index contributed by atoms with van der Waals surface area (Å²) in [7, 11) is 0. The largest absolute Gasteiger partial charge is 0.308 e. The molecule has 8 aromatic carbocycles. The highest BCUT2D eigenvalue weighted by Crippen LogP contribution is 2.62. The van der Waals surface area contributed by atoms with Gasteiger partial charge in [0, 0.05) is 27.8 Å². The van der Waals surface area contributed by atoms with E-state index in [1.54, 1.807) is 0 Å². The summed E-state index contributed by atoms with van der Waals surface area (Å²) < 4.78 is 2.47. The van der Waals surface area contributed by atoms with E-state index in [0.717, 1.165) is 16.7 Å². The first-order valence-corrected chi connectivity index (χ1v) is 19.2. The molecule has 0 radical (unpaired) electrons. The molecule has 0 N–H and O–H groups in total. The van der Waals surface area contributed by atoms with Gasteiger partial charge < -0.3 is 4.57 Å². The minimum absolute atomic E-state index is 0.00633. The standard InChI is InChI=1S/C53H34N2/c1-4-15-34(16-5-1)35-27-29-37(30-28-35)49(36-17-6-2-7-18-36)38-31-45-51-47(32-38)55(39-19-8-3-9-20-39)48-33-54-46-26-14-25-44(50(46)52(48)51)53(45)42-23-12-10-21-40(42)41-22-11-13-24-43(41)53/h1-33,49H. The third-order valence-corrected chi connectivity index (χ3v) is 12.3. The third kappa shape index (κ3) is 4.11. The number of hydrogen-bond acceptors (Lipinski definition) is 1. The summed E-state index contributed by atoms with van der Waals surface area (Å²) in [6.07, 6.45) is 2.10. The number of aromatic nitrogens is 2. The quantitative estimate of drug-likeness (QED) is 0.164. The Bertz CT molecular complexity index is 3080. The minimum Gasteiger partial charge on any atom is -0.308 e. The zero-order valence-electron chi connectivity index (χ0n) is 30.0. The van der Waals surface area contributed by atoms with Gasteiger partial charge in [-0.1, -0.05) is 170 Å². The van der Waals surface area contributed by atoms with Gasteiger partial charge in [0.05, 0.1) is 28.2 Å². The predicted molar refractivity (Wildman–Crippen MR) is 226 cm³/mol. The highest BCUT2D eigenvalue weighted by molar-refractivity contribution is 6.25. The van der Waals surface area contributed by atoms with Crippen LogP contribution in [0.1, 0.15) is 44.9 Å². The second-order valence-electron chi connectivity index (χ2n) is 15.0. The molecule has 1 unspecified atom stereocenters. The smallest absolute Gasteiger partial charge is 0.0731 e. The normalized spacial score (nSPS) is 13.9. The van der Waals surface area contributed by atoms with Crippen molar-refractivity contribution in [3.05, 3.63) is 239 Å². The van der Waals surface area contributed by atoms with Crippen molar-refractivity contribution in [3.63, 3.8) is 0 Å². The van der Waals surface area contributed by atoms with Crippen LogP contribution in [-0.2, 0) is 5.41 Å². The van der Waals surface area contributed by atoms with E-state index >= 15 is 0 Å². The number of para-hydroxylation sites is 1. The number of hydrogen-bond donors (Lipinski definition) is 0. The van der Waals surface area contributed by atoms with Crippen LogP contribution in [0.15, 0.2) is 200 Å². The molecule has 12 rings (SSSR count). The Morgan fingerprint density at radius 3 is 1.69 bits per heavy atom. The molecule has 2 aromatic heterocycles. The number of rotatable bonds is 5. The first-order chi connectivity index (χ1) is 27.3. The molecule has 2 heteroatoms. The van der Waals surface area contributed by atoms with Crippen LogP contribution in [0, 0.1) is 0 Å². The maximum absolute atomic E-state index is 5.21. The molecule has 10 aromatic rings. The third-order valence-electron chi connectivity index (χ3n) is 12.3. The Hall–Kier alpha value is -7.03. The van der Waals surface area contributed by atoms with Gasteiger partial charge in [-0.15, -0.1) is 0 Å². The van der Waals surface area contributed by atoms with Crippen LogP contribution in [0.3, 0.4) is 0 Å². The molecule has 0 saturated carbocycles. The fourth-order valence-corrected chi connectivity index (χ4v) is 10.2. The summed E-state index contributed by atoms with van der Waals surface area (Å²) >= 11 is 0. The van der Waals surface area contributed by atoms with Gasteiger partial charge in [0.15, 0.2) is 0 Å². The first kappa shape index (κ1) is 30.4. The molecule has 0 fully saturated rings. The van der Waals surface area contributed by atoms with E-state index in [9.17, 15) is 0 Å². The van der Waals surface area contributed by atoms with Crippen LogP contribution in [0.2, 0.25) is 0 Å². The van der Waals surface area contributed by atoms with E-state index in [2.05, 4.69) is 205 Å². The average molecular weight is 699 g/mol. The Balaban J connectivity index is 1.25. The molecule has 0 amide bonds. The van der Waals surface area contributed by atoms with Crippen molar-refractivity contribution >= 4 is 32.7 Å². The van der Waals surface area contributed by atoms with E-state index in [1.807, 2.05) is 0 Å². The van der Waals surface area contributed by atoms with Gasteiger partial charge >= 0.3 is 0 Å². The molecule has 0 aliphatic heterocycles. The van der Waals surface area contributed by atoms with Gasteiger partial charge in [0.25, 0.3) is 0 Å². The maximum Gasteiger partial charge on any atom is 0.0731 e.